The number of rotatable bonds is 7. The molecule has 0 aliphatic heterocycles. The average Bonchev–Trinajstić information content (AvgIpc) is 2.44. The van der Waals surface area contributed by atoms with E-state index in [1.165, 1.54) is 12.1 Å². The van der Waals surface area contributed by atoms with Crippen molar-refractivity contribution in [3.8, 4) is 5.75 Å². The van der Waals surface area contributed by atoms with Crippen molar-refractivity contribution in [2.24, 2.45) is 17.4 Å². The number of halogens is 3. The van der Waals surface area contributed by atoms with E-state index in [1.807, 2.05) is 6.92 Å². The molecule has 1 aromatic carbocycles. The Balaban J connectivity index is 3.10. The molecule has 0 aliphatic carbocycles. The molecule has 1 atom stereocenters. The fourth-order valence-electron chi connectivity index (χ4n) is 2.31. The second-order valence-corrected chi connectivity index (χ2v) is 5.16. The number of ether oxygens (including phenoxy) is 1. The van der Waals surface area contributed by atoms with Gasteiger partial charge in [-0.2, -0.15) is 13.2 Å². The fourth-order valence-corrected chi connectivity index (χ4v) is 2.31. The fraction of sp³-hybridized carbons (Fsp3) is 0.600. The third kappa shape index (κ3) is 4.89. The van der Waals surface area contributed by atoms with E-state index >= 15 is 0 Å². The van der Waals surface area contributed by atoms with Gasteiger partial charge < -0.3 is 16.2 Å². The van der Waals surface area contributed by atoms with Crippen LogP contribution in [0.2, 0.25) is 0 Å². The van der Waals surface area contributed by atoms with Crippen LogP contribution in [0.25, 0.3) is 0 Å². The number of hydrogen-bond acceptors (Lipinski definition) is 3. The summed E-state index contributed by atoms with van der Waals surface area (Å²) in [7, 11) is 0. The molecular formula is C15H23F3N2O. The van der Waals surface area contributed by atoms with Crippen molar-refractivity contribution >= 4 is 0 Å². The first-order chi connectivity index (χ1) is 9.83. The summed E-state index contributed by atoms with van der Waals surface area (Å²) in [5, 5.41) is 0. The van der Waals surface area contributed by atoms with E-state index < -0.39 is 11.7 Å². The zero-order chi connectivity index (χ0) is 16.0. The predicted octanol–water partition coefficient (Wildman–Crippen LogP) is 3.13. The van der Waals surface area contributed by atoms with Crippen LogP contribution in [-0.2, 0) is 6.18 Å². The molecule has 1 aromatic rings. The summed E-state index contributed by atoms with van der Waals surface area (Å²) in [6.07, 6.45) is -3.73. The van der Waals surface area contributed by atoms with Gasteiger partial charge in [0.1, 0.15) is 5.75 Å². The Hall–Kier alpha value is -1.27. The van der Waals surface area contributed by atoms with Crippen LogP contribution in [0.1, 0.15) is 37.3 Å². The molecule has 0 spiro atoms. The molecule has 0 aromatic heterocycles. The van der Waals surface area contributed by atoms with Crippen LogP contribution >= 0.6 is 0 Å². The lowest BCUT2D eigenvalue weighted by Gasteiger charge is -2.22. The molecular weight excluding hydrogens is 281 g/mol. The molecule has 0 heterocycles. The maximum atomic E-state index is 12.9. The molecule has 3 nitrogen and oxygen atoms in total. The Morgan fingerprint density at radius 2 is 1.81 bits per heavy atom. The second-order valence-electron chi connectivity index (χ2n) is 5.16. The van der Waals surface area contributed by atoms with Gasteiger partial charge >= 0.3 is 6.18 Å². The lowest BCUT2D eigenvalue weighted by atomic mass is 9.88. The van der Waals surface area contributed by atoms with E-state index in [0.717, 1.165) is 6.07 Å². The van der Waals surface area contributed by atoms with E-state index in [4.69, 9.17) is 16.2 Å². The van der Waals surface area contributed by atoms with Gasteiger partial charge in [-0.25, -0.2) is 0 Å². The van der Waals surface area contributed by atoms with Crippen LogP contribution in [0.5, 0.6) is 5.75 Å². The Bertz CT molecular complexity index is 445. The third-order valence-electron chi connectivity index (χ3n) is 3.52. The van der Waals surface area contributed by atoms with Gasteiger partial charge in [0.15, 0.2) is 0 Å². The standard InChI is InChI=1S/C15H23F3N2O/c1-3-21-14-5-4-12(15(16,17)18)7-13(14)10(2)6-11(8-19)9-20/h4-5,7,10-11H,3,6,8-9,19-20H2,1-2H3. The van der Waals surface area contributed by atoms with Gasteiger partial charge in [-0.05, 0) is 62.0 Å². The monoisotopic (exact) mass is 304 g/mol. The van der Waals surface area contributed by atoms with E-state index in [1.54, 1.807) is 6.92 Å². The zero-order valence-corrected chi connectivity index (χ0v) is 12.4. The summed E-state index contributed by atoms with van der Waals surface area (Å²) in [6.45, 7) is 4.92. The molecule has 0 saturated heterocycles. The summed E-state index contributed by atoms with van der Waals surface area (Å²) >= 11 is 0. The van der Waals surface area contributed by atoms with Crippen molar-refractivity contribution in [1.82, 2.24) is 0 Å². The summed E-state index contributed by atoms with van der Waals surface area (Å²) in [5.41, 5.74) is 11.1. The van der Waals surface area contributed by atoms with Gasteiger partial charge in [-0.15, -0.1) is 0 Å². The van der Waals surface area contributed by atoms with Crippen LogP contribution in [0.4, 0.5) is 13.2 Å². The van der Waals surface area contributed by atoms with Gasteiger partial charge in [-0.1, -0.05) is 6.92 Å². The van der Waals surface area contributed by atoms with Crippen molar-refractivity contribution in [3.05, 3.63) is 29.3 Å². The molecule has 0 radical (unpaired) electrons. The Kier molecular flexibility index (Phi) is 6.48. The molecule has 0 fully saturated rings. The molecule has 0 bridgehead atoms. The normalized spacial score (nSPS) is 13.5. The lowest BCUT2D eigenvalue weighted by Crippen LogP contribution is -2.24. The maximum Gasteiger partial charge on any atom is 0.416 e. The summed E-state index contributed by atoms with van der Waals surface area (Å²) < 4.78 is 44.0. The first-order valence-electron chi connectivity index (χ1n) is 7.07. The minimum atomic E-state index is -4.36. The highest BCUT2D eigenvalue weighted by atomic mass is 19.4. The van der Waals surface area contributed by atoms with Gasteiger partial charge in [0.05, 0.1) is 12.2 Å². The first kappa shape index (κ1) is 17.8. The lowest BCUT2D eigenvalue weighted by molar-refractivity contribution is -0.137. The topological polar surface area (TPSA) is 61.3 Å². The summed E-state index contributed by atoms with van der Waals surface area (Å²) in [4.78, 5) is 0. The largest absolute Gasteiger partial charge is 0.494 e. The van der Waals surface area contributed by atoms with Gasteiger partial charge in [-0.3, -0.25) is 0 Å². The van der Waals surface area contributed by atoms with Crippen LogP contribution in [-0.4, -0.2) is 19.7 Å². The molecule has 0 saturated carbocycles. The smallest absolute Gasteiger partial charge is 0.416 e. The molecule has 4 N–H and O–H groups in total. The van der Waals surface area contributed by atoms with Crippen LogP contribution in [0.3, 0.4) is 0 Å². The van der Waals surface area contributed by atoms with Gasteiger partial charge in [0.25, 0.3) is 0 Å². The highest BCUT2D eigenvalue weighted by molar-refractivity contribution is 5.40. The van der Waals surface area contributed by atoms with Crippen molar-refractivity contribution in [2.45, 2.75) is 32.4 Å². The second kappa shape index (κ2) is 7.66. The number of alkyl halides is 3. The molecule has 6 heteroatoms. The Morgan fingerprint density at radius 3 is 2.29 bits per heavy atom. The Morgan fingerprint density at radius 1 is 1.19 bits per heavy atom. The van der Waals surface area contributed by atoms with E-state index in [-0.39, 0.29) is 11.8 Å². The average molecular weight is 304 g/mol. The molecule has 21 heavy (non-hydrogen) atoms. The van der Waals surface area contributed by atoms with Crippen molar-refractivity contribution in [1.29, 1.82) is 0 Å². The minimum Gasteiger partial charge on any atom is -0.494 e. The zero-order valence-electron chi connectivity index (χ0n) is 12.4. The molecule has 1 rings (SSSR count). The van der Waals surface area contributed by atoms with Crippen molar-refractivity contribution in [3.63, 3.8) is 0 Å². The van der Waals surface area contributed by atoms with E-state index in [0.29, 0.717) is 37.4 Å². The minimum absolute atomic E-state index is 0.0871. The first-order valence-corrected chi connectivity index (χ1v) is 7.07. The van der Waals surface area contributed by atoms with E-state index in [2.05, 4.69) is 0 Å². The molecule has 1 unspecified atom stereocenters. The maximum absolute atomic E-state index is 12.9. The molecule has 120 valence electrons. The molecule has 0 aliphatic rings. The number of nitrogens with two attached hydrogens (primary N) is 2. The molecule has 0 amide bonds. The summed E-state index contributed by atoms with van der Waals surface area (Å²) in [6, 6.07) is 3.60. The van der Waals surface area contributed by atoms with E-state index in [9.17, 15) is 13.2 Å². The van der Waals surface area contributed by atoms with Crippen LogP contribution in [0, 0.1) is 5.92 Å². The third-order valence-corrected chi connectivity index (χ3v) is 3.52. The summed E-state index contributed by atoms with van der Waals surface area (Å²) in [5.74, 6) is 0.473. The Labute approximate surface area is 123 Å². The highest BCUT2D eigenvalue weighted by Crippen LogP contribution is 2.37. The van der Waals surface area contributed by atoms with Crippen molar-refractivity contribution in [2.75, 3.05) is 19.7 Å². The SMILES string of the molecule is CCOc1ccc(C(F)(F)F)cc1C(C)CC(CN)CN. The number of benzene rings is 1. The van der Waals surface area contributed by atoms with Crippen molar-refractivity contribution < 1.29 is 17.9 Å². The van der Waals surface area contributed by atoms with Gasteiger partial charge in [0, 0.05) is 0 Å². The highest BCUT2D eigenvalue weighted by Gasteiger charge is 2.32. The predicted molar refractivity (Wildman–Crippen MR) is 77.2 cm³/mol. The van der Waals surface area contributed by atoms with Crippen LogP contribution < -0.4 is 16.2 Å². The van der Waals surface area contributed by atoms with Crippen LogP contribution in [0.15, 0.2) is 18.2 Å². The van der Waals surface area contributed by atoms with Gasteiger partial charge in [0.2, 0.25) is 0 Å². The quantitative estimate of drug-likeness (QED) is 0.813. The number of hydrogen-bond donors (Lipinski definition) is 2.